The van der Waals surface area contributed by atoms with Crippen LogP contribution in [0.1, 0.15) is 38.2 Å². The number of hydrogen-bond acceptors (Lipinski definition) is 3. The van der Waals surface area contributed by atoms with E-state index in [1.807, 2.05) is 0 Å². The van der Waals surface area contributed by atoms with Gasteiger partial charge in [-0.05, 0) is 32.3 Å². The molecule has 1 aliphatic carbocycles. The van der Waals surface area contributed by atoms with Gasteiger partial charge < -0.3 is 10.6 Å². The van der Waals surface area contributed by atoms with Crippen molar-refractivity contribution in [2.45, 2.75) is 45.6 Å². The van der Waals surface area contributed by atoms with Crippen LogP contribution in [-0.4, -0.2) is 23.4 Å². The molecule has 6 heteroatoms. The highest BCUT2D eigenvalue weighted by Gasteiger charge is 2.24. The maximum atomic E-state index is 12.0. The molecule has 0 unspecified atom stereocenters. The Labute approximate surface area is 130 Å². The average Bonchev–Trinajstić information content (AvgIpc) is 2.48. The van der Waals surface area contributed by atoms with Crippen LogP contribution in [0.15, 0.2) is 18.2 Å². The highest BCUT2D eigenvalue weighted by atomic mass is 16.6. The zero-order chi connectivity index (χ0) is 16.1. The Bertz CT molecular complexity index is 560. The maximum Gasteiger partial charge on any atom is 0.279 e. The van der Waals surface area contributed by atoms with Gasteiger partial charge in [0.2, 0.25) is 0 Å². The number of nitro groups is 1. The lowest BCUT2D eigenvalue weighted by Crippen LogP contribution is -2.93. The molecule has 6 nitrogen and oxygen atoms in total. The first kappa shape index (κ1) is 16.4. The van der Waals surface area contributed by atoms with Crippen LogP contribution in [0.5, 0.6) is 0 Å². The molecule has 0 aromatic heterocycles. The van der Waals surface area contributed by atoms with Crippen molar-refractivity contribution in [2.24, 2.45) is 5.92 Å². The first-order valence-corrected chi connectivity index (χ1v) is 7.85. The standard InChI is InChI=1S/C16H23N3O3/c1-11-5-3-4-6-14(11)17-10-16(20)18-13-8-7-12(2)15(9-13)19(21)22/h7-9,11,14,17H,3-6,10H2,1-2H3,(H,18,20)/p+1/t11-,14+/m1/s1. The number of anilines is 1. The van der Waals surface area contributed by atoms with Gasteiger partial charge in [0.15, 0.2) is 6.54 Å². The summed E-state index contributed by atoms with van der Waals surface area (Å²) in [5, 5.41) is 15.8. The van der Waals surface area contributed by atoms with Crippen molar-refractivity contribution < 1.29 is 15.0 Å². The minimum atomic E-state index is -0.430. The first-order valence-electron chi connectivity index (χ1n) is 7.85. The van der Waals surface area contributed by atoms with Crippen molar-refractivity contribution in [3.05, 3.63) is 33.9 Å². The van der Waals surface area contributed by atoms with Gasteiger partial charge in [0, 0.05) is 23.2 Å². The molecule has 22 heavy (non-hydrogen) atoms. The molecule has 1 amide bonds. The molecule has 0 heterocycles. The van der Waals surface area contributed by atoms with E-state index in [0.717, 1.165) is 6.42 Å². The van der Waals surface area contributed by atoms with Gasteiger partial charge in [-0.1, -0.05) is 19.4 Å². The molecule has 1 aromatic rings. The predicted molar refractivity (Wildman–Crippen MR) is 84.7 cm³/mol. The highest BCUT2D eigenvalue weighted by Crippen LogP contribution is 2.22. The molecule has 1 aromatic carbocycles. The third kappa shape index (κ3) is 4.27. The predicted octanol–water partition coefficient (Wildman–Crippen LogP) is 1.98. The van der Waals surface area contributed by atoms with Crippen molar-refractivity contribution in [3.63, 3.8) is 0 Å². The van der Waals surface area contributed by atoms with Gasteiger partial charge in [-0.25, -0.2) is 0 Å². The van der Waals surface area contributed by atoms with E-state index < -0.39 is 4.92 Å². The van der Waals surface area contributed by atoms with Crippen LogP contribution in [0.3, 0.4) is 0 Å². The third-order valence-corrected chi connectivity index (χ3v) is 4.47. The van der Waals surface area contributed by atoms with Crippen molar-refractivity contribution in [2.75, 3.05) is 11.9 Å². The van der Waals surface area contributed by atoms with E-state index in [4.69, 9.17) is 0 Å². The Morgan fingerprint density at radius 2 is 2.14 bits per heavy atom. The first-order chi connectivity index (χ1) is 10.5. The van der Waals surface area contributed by atoms with Gasteiger partial charge in [-0.15, -0.1) is 0 Å². The number of nitrogens with one attached hydrogen (secondary N) is 1. The number of rotatable bonds is 5. The summed E-state index contributed by atoms with van der Waals surface area (Å²) in [5.41, 5.74) is 1.10. The molecule has 2 rings (SSSR count). The summed E-state index contributed by atoms with van der Waals surface area (Å²) >= 11 is 0. The quantitative estimate of drug-likeness (QED) is 0.644. The molecule has 1 fully saturated rings. The Balaban J connectivity index is 1.89. The van der Waals surface area contributed by atoms with Gasteiger partial charge in [0.05, 0.1) is 11.0 Å². The van der Waals surface area contributed by atoms with Crippen molar-refractivity contribution >= 4 is 17.3 Å². The SMILES string of the molecule is Cc1ccc(NC(=O)C[NH2+][C@H]2CCCC[C@H]2C)cc1[N+](=O)[O-]. The Kier molecular flexibility index (Phi) is 5.49. The number of carbonyl (C=O) groups is 1. The van der Waals surface area contributed by atoms with Crippen molar-refractivity contribution in [1.29, 1.82) is 0 Å². The second kappa shape index (κ2) is 7.35. The van der Waals surface area contributed by atoms with Crippen molar-refractivity contribution in [3.8, 4) is 0 Å². The van der Waals surface area contributed by atoms with Crippen LogP contribution in [-0.2, 0) is 4.79 Å². The van der Waals surface area contributed by atoms with Gasteiger partial charge in [0.1, 0.15) is 0 Å². The zero-order valence-corrected chi connectivity index (χ0v) is 13.2. The smallest absolute Gasteiger partial charge is 0.279 e. The van der Waals surface area contributed by atoms with E-state index in [0.29, 0.717) is 29.8 Å². The van der Waals surface area contributed by atoms with Crippen LogP contribution in [0.4, 0.5) is 11.4 Å². The van der Waals surface area contributed by atoms with Gasteiger partial charge in [-0.2, -0.15) is 0 Å². The summed E-state index contributed by atoms with van der Waals surface area (Å²) in [6, 6.07) is 5.27. The molecular weight excluding hydrogens is 282 g/mol. The van der Waals surface area contributed by atoms with Crippen LogP contribution >= 0.6 is 0 Å². The second-order valence-electron chi connectivity index (χ2n) is 6.17. The van der Waals surface area contributed by atoms with Gasteiger partial charge in [0.25, 0.3) is 11.6 Å². The lowest BCUT2D eigenvalue weighted by Gasteiger charge is -2.26. The van der Waals surface area contributed by atoms with Crippen LogP contribution in [0.2, 0.25) is 0 Å². The fourth-order valence-electron chi connectivity index (χ4n) is 3.05. The molecule has 0 radical (unpaired) electrons. The molecule has 0 spiro atoms. The number of benzene rings is 1. The number of amides is 1. The molecule has 1 saturated carbocycles. The summed E-state index contributed by atoms with van der Waals surface area (Å²) < 4.78 is 0. The number of nitro benzene ring substituents is 1. The van der Waals surface area contributed by atoms with E-state index in [1.54, 1.807) is 19.1 Å². The summed E-state index contributed by atoms with van der Waals surface area (Å²) in [7, 11) is 0. The fraction of sp³-hybridized carbons (Fsp3) is 0.562. The summed E-state index contributed by atoms with van der Waals surface area (Å²) in [5.74, 6) is 0.526. The highest BCUT2D eigenvalue weighted by molar-refractivity contribution is 5.91. The molecule has 3 N–H and O–H groups in total. The largest absolute Gasteiger partial charge is 0.336 e. The summed E-state index contributed by atoms with van der Waals surface area (Å²) in [6.45, 7) is 4.28. The lowest BCUT2D eigenvalue weighted by atomic mass is 9.86. The molecule has 0 bridgehead atoms. The van der Waals surface area contributed by atoms with Gasteiger partial charge >= 0.3 is 0 Å². The van der Waals surface area contributed by atoms with Crippen molar-refractivity contribution in [1.82, 2.24) is 0 Å². The third-order valence-electron chi connectivity index (χ3n) is 4.47. The van der Waals surface area contributed by atoms with E-state index in [2.05, 4.69) is 17.6 Å². The summed E-state index contributed by atoms with van der Waals surface area (Å²) in [6.07, 6.45) is 4.90. The number of hydrogen-bond donors (Lipinski definition) is 2. The van der Waals surface area contributed by atoms with E-state index in [9.17, 15) is 14.9 Å². The number of aryl methyl sites for hydroxylation is 1. The topological polar surface area (TPSA) is 88.8 Å². The Hall–Kier alpha value is -1.95. The Morgan fingerprint density at radius 3 is 2.82 bits per heavy atom. The molecule has 0 saturated heterocycles. The molecule has 120 valence electrons. The lowest BCUT2D eigenvalue weighted by molar-refractivity contribution is -0.687. The number of nitrogens with two attached hydrogens (primary N) is 1. The molecule has 1 aliphatic rings. The minimum Gasteiger partial charge on any atom is -0.336 e. The fourth-order valence-corrected chi connectivity index (χ4v) is 3.05. The number of carbonyl (C=O) groups excluding carboxylic acids is 1. The minimum absolute atomic E-state index is 0.0303. The second-order valence-corrected chi connectivity index (χ2v) is 6.17. The molecule has 2 atom stereocenters. The van der Waals surface area contributed by atoms with Crippen LogP contribution in [0, 0.1) is 23.0 Å². The Morgan fingerprint density at radius 1 is 1.41 bits per heavy atom. The molecule has 0 aliphatic heterocycles. The molecular formula is C16H24N3O3+. The van der Waals surface area contributed by atoms with Crippen LogP contribution in [0.25, 0.3) is 0 Å². The number of nitrogens with zero attached hydrogens (tertiary/aromatic N) is 1. The maximum absolute atomic E-state index is 12.0. The van der Waals surface area contributed by atoms with Gasteiger partial charge in [-0.3, -0.25) is 14.9 Å². The van der Waals surface area contributed by atoms with E-state index >= 15 is 0 Å². The number of quaternary nitrogens is 1. The van der Waals surface area contributed by atoms with Crippen LogP contribution < -0.4 is 10.6 Å². The monoisotopic (exact) mass is 306 g/mol. The van der Waals surface area contributed by atoms with E-state index in [1.165, 1.54) is 25.3 Å². The summed E-state index contributed by atoms with van der Waals surface area (Å²) in [4.78, 5) is 22.5. The average molecular weight is 306 g/mol. The van der Waals surface area contributed by atoms with E-state index in [-0.39, 0.29) is 11.6 Å². The zero-order valence-electron chi connectivity index (χ0n) is 13.2. The normalized spacial score (nSPS) is 21.4.